The molecular weight excluding hydrogens is 164 g/mol. The van der Waals surface area contributed by atoms with Crippen molar-refractivity contribution in [3.63, 3.8) is 0 Å². The van der Waals surface area contributed by atoms with E-state index >= 15 is 0 Å². The molecule has 62 valence electrons. The summed E-state index contributed by atoms with van der Waals surface area (Å²) in [6.45, 7) is 0. The van der Waals surface area contributed by atoms with E-state index < -0.39 is 15.2 Å². The molecule has 0 aliphatic rings. The van der Waals surface area contributed by atoms with Crippen molar-refractivity contribution in [2.75, 3.05) is 7.11 Å². The topological polar surface area (TPSA) is 120 Å². The van der Waals surface area contributed by atoms with Crippen LogP contribution in [-0.2, 0) is 8.85 Å². The summed E-state index contributed by atoms with van der Waals surface area (Å²) >= 11 is 0. The average Bonchev–Trinajstić information content (AvgIpc) is 1.60. The molecule has 8 heteroatoms. The molecular formula is C2H8O7Si. The molecule has 0 heterocycles. The molecule has 0 saturated carbocycles. The summed E-state index contributed by atoms with van der Waals surface area (Å²) in [7, 11) is -3.69. The lowest BCUT2D eigenvalue weighted by atomic mass is 11.2. The van der Waals surface area contributed by atoms with Gasteiger partial charge in [-0.2, -0.15) is 0 Å². The Balaban J connectivity index is 3.89. The Morgan fingerprint density at radius 2 is 1.60 bits per heavy atom. The summed E-state index contributed by atoms with van der Waals surface area (Å²) in [5, 5.41) is 24.0. The zero-order chi connectivity index (χ0) is 8.41. The third kappa shape index (κ3) is 4.78. The lowest BCUT2D eigenvalue weighted by Crippen LogP contribution is -2.50. The van der Waals surface area contributed by atoms with Crippen molar-refractivity contribution < 1.29 is 33.8 Å². The Labute approximate surface area is 57.2 Å². The molecule has 0 aliphatic heterocycles. The van der Waals surface area contributed by atoms with Crippen molar-refractivity contribution in [2.24, 2.45) is 0 Å². The van der Waals surface area contributed by atoms with Crippen LogP contribution in [-0.4, -0.2) is 47.2 Å². The summed E-state index contributed by atoms with van der Waals surface area (Å²) < 4.78 is 7.33. The zero-order valence-electron chi connectivity index (χ0n) is 5.05. The molecule has 0 aromatic rings. The number of aliphatic hydroxyl groups is 3. The Kier molecular flexibility index (Phi) is 2.88. The van der Waals surface area contributed by atoms with Gasteiger partial charge in [0.15, 0.2) is 0 Å². The Bertz CT molecular complexity index is 105. The summed E-state index contributed by atoms with van der Waals surface area (Å²) in [4.78, 5) is 16.9. The maximum atomic E-state index is 8.43. The van der Waals surface area contributed by atoms with Gasteiger partial charge >= 0.3 is 15.2 Å². The van der Waals surface area contributed by atoms with Gasteiger partial charge < -0.3 is 29.3 Å². The first-order valence-electron chi connectivity index (χ1n) is 2.14. The Morgan fingerprint density at radius 1 is 1.20 bits per heavy atom. The molecule has 0 bridgehead atoms. The first-order chi connectivity index (χ1) is 4.27. The largest absolute Gasteiger partial charge is 0.679 e. The van der Waals surface area contributed by atoms with Crippen molar-refractivity contribution in [1.29, 1.82) is 0 Å². The number of hydrogen-bond acceptors (Lipinski definition) is 7. The van der Waals surface area contributed by atoms with Crippen molar-refractivity contribution in [3.8, 4) is 0 Å². The van der Waals surface area contributed by atoms with E-state index in [1.165, 1.54) is 0 Å². The number of hydrogen-bond donors (Lipinski definition) is 5. The van der Waals surface area contributed by atoms with E-state index in [1.807, 2.05) is 0 Å². The summed E-state index contributed by atoms with van der Waals surface area (Å²) in [5.41, 5.74) is 0. The third-order valence-corrected chi connectivity index (χ3v) is 1.61. The molecule has 0 fully saturated rings. The van der Waals surface area contributed by atoms with E-state index in [-0.39, 0.29) is 0 Å². The average molecular weight is 172 g/mol. The van der Waals surface area contributed by atoms with Gasteiger partial charge in [-0.15, -0.1) is 0 Å². The monoisotopic (exact) mass is 172 g/mol. The molecule has 0 aromatic carbocycles. The Hall–Kier alpha value is -0.0631. The van der Waals surface area contributed by atoms with Crippen LogP contribution in [0.5, 0.6) is 0 Å². The van der Waals surface area contributed by atoms with Crippen LogP contribution in [0.25, 0.3) is 0 Å². The van der Waals surface area contributed by atoms with Crippen LogP contribution >= 0.6 is 0 Å². The van der Waals surface area contributed by atoms with Gasteiger partial charge in [-0.3, -0.25) is 4.43 Å². The van der Waals surface area contributed by atoms with Gasteiger partial charge in [-0.1, -0.05) is 0 Å². The highest BCUT2D eigenvalue weighted by Gasteiger charge is 2.43. The highest BCUT2D eigenvalue weighted by molar-refractivity contribution is 6.50. The quantitative estimate of drug-likeness (QED) is 0.223. The second-order valence-electron chi connectivity index (χ2n) is 1.43. The van der Waals surface area contributed by atoms with Gasteiger partial charge in [0.25, 0.3) is 0 Å². The van der Waals surface area contributed by atoms with E-state index in [9.17, 15) is 0 Å². The fraction of sp³-hybridized carbons (Fsp3) is 1.00. The van der Waals surface area contributed by atoms with E-state index in [4.69, 9.17) is 24.9 Å². The first kappa shape index (κ1) is 9.94. The molecule has 0 radical (unpaired) electrons. The van der Waals surface area contributed by atoms with Crippen LogP contribution in [0, 0.1) is 0 Å². The van der Waals surface area contributed by atoms with Gasteiger partial charge in [-0.05, 0) is 0 Å². The van der Waals surface area contributed by atoms with E-state index in [2.05, 4.69) is 8.85 Å². The minimum absolute atomic E-state index is 0.873. The zero-order valence-corrected chi connectivity index (χ0v) is 6.05. The third-order valence-electron chi connectivity index (χ3n) is 0.536. The molecule has 0 unspecified atom stereocenters. The van der Waals surface area contributed by atoms with Crippen LogP contribution in [0.1, 0.15) is 0 Å². The molecule has 0 saturated heterocycles. The van der Waals surface area contributed by atoms with Gasteiger partial charge in [0.2, 0.25) is 0 Å². The van der Waals surface area contributed by atoms with E-state index in [1.54, 1.807) is 0 Å². The smallest absolute Gasteiger partial charge is 0.367 e. The van der Waals surface area contributed by atoms with Crippen LogP contribution < -0.4 is 0 Å². The fourth-order valence-electron chi connectivity index (χ4n) is 0.220. The minimum atomic E-state index is -4.56. The SMILES string of the molecule is CO[Si](O)(O)OC(O)(O)O. The van der Waals surface area contributed by atoms with Gasteiger partial charge in [-0.25, -0.2) is 0 Å². The summed E-state index contributed by atoms with van der Waals surface area (Å²) in [6.07, 6.45) is -3.58. The van der Waals surface area contributed by atoms with Gasteiger partial charge in [0, 0.05) is 7.11 Å². The van der Waals surface area contributed by atoms with Crippen molar-refractivity contribution in [1.82, 2.24) is 0 Å². The second-order valence-corrected chi connectivity index (χ2v) is 3.14. The minimum Gasteiger partial charge on any atom is -0.367 e. The van der Waals surface area contributed by atoms with Crippen LogP contribution in [0.15, 0.2) is 0 Å². The lowest BCUT2D eigenvalue weighted by Gasteiger charge is -2.20. The highest BCUT2D eigenvalue weighted by Crippen LogP contribution is 2.04. The molecule has 10 heavy (non-hydrogen) atoms. The predicted molar refractivity (Wildman–Crippen MR) is 27.7 cm³/mol. The van der Waals surface area contributed by atoms with E-state index in [0.717, 1.165) is 7.11 Å². The molecule has 0 rings (SSSR count). The lowest BCUT2D eigenvalue weighted by molar-refractivity contribution is -0.436. The molecule has 0 atom stereocenters. The molecule has 7 nitrogen and oxygen atoms in total. The molecule has 0 amide bonds. The maximum Gasteiger partial charge on any atom is 0.679 e. The Morgan fingerprint density at radius 3 is 1.70 bits per heavy atom. The van der Waals surface area contributed by atoms with E-state index in [0.29, 0.717) is 0 Å². The molecule has 0 spiro atoms. The maximum absolute atomic E-state index is 8.43. The van der Waals surface area contributed by atoms with Crippen LogP contribution in [0.4, 0.5) is 0 Å². The van der Waals surface area contributed by atoms with Gasteiger partial charge in [0.05, 0.1) is 0 Å². The predicted octanol–water partition coefficient (Wildman–Crippen LogP) is -3.34. The fourth-order valence-corrected chi connectivity index (χ4v) is 0.660. The first-order valence-corrected chi connectivity index (χ1v) is 3.85. The van der Waals surface area contributed by atoms with Gasteiger partial charge in [0.1, 0.15) is 0 Å². The summed E-state index contributed by atoms with van der Waals surface area (Å²) in [6, 6.07) is 0. The molecule has 0 aliphatic carbocycles. The van der Waals surface area contributed by atoms with Crippen molar-refractivity contribution in [3.05, 3.63) is 0 Å². The molecule has 5 N–H and O–H groups in total. The standard InChI is InChI=1S/C2H8O7Si/c1-8-10(6,7)9-2(3,4)5/h3-7H,1H3. The van der Waals surface area contributed by atoms with Crippen molar-refractivity contribution >= 4 is 9.05 Å². The molecule has 0 aromatic heterocycles. The summed E-state index contributed by atoms with van der Waals surface area (Å²) in [5.74, 6) is 0. The number of rotatable bonds is 3. The normalized spacial score (nSPS) is 13.8. The van der Waals surface area contributed by atoms with Crippen molar-refractivity contribution in [2.45, 2.75) is 6.16 Å². The highest BCUT2D eigenvalue weighted by atomic mass is 28.4. The van der Waals surface area contributed by atoms with Crippen LogP contribution in [0.3, 0.4) is 0 Å². The van der Waals surface area contributed by atoms with Crippen LogP contribution in [0.2, 0.25) is 0 Å². The second kappa shape index (κ2) is 2.90.